The van der Waals surface area contributed by atoms with Crippen LogP contribution in [0.5, 0.6) is 0 Å². The zero-order chi connectivity index (χ0) is 20.5. The number of halogens is 4. The number of aliphatic imine (C=N–C) groups is 1. The average molecular weight is 418 g/mol. The number of hydrogen-bond donors (Lipinski definition) is 0. The van der Waals surface area contributed by atoms with Crippen LogP contribution in [0.1, 0.15) is 30.0 Å². The highest BCUT2D eigenvalue weighted by Crippen LogP contribution is 2.41. The second kappa shape index (κ2) is 7.81. The molecule has 2 aliphatic rings. The van der Waals surface area contributed by atoms with Gasteiger partial charge in [0.25, 0.3) is 0 Å². The van der Waals surface area contributed by atoms with Crippen LogP contribution in [-0.2, 0) is 10.3 Å². The fourth-order valence-corrected chi connectivity index (χ4v) is 4.14. The van der Waals surface area contributed by atoms with E-state index in [4.69, 9.17) is 16.6 Å². The standard InChI is InChI=1S/C23H19ClF3NO/c24-19-9-5-4-8-18(19)21-11-10-20(28-21)16-12-14-22(15-13-16,29-23(25,26)27)17-6-2-1-3-7-17/h1-9,12-16,21H,10-11H2. The van der Waals surface area contributed by atoms with Gasteiger partial charge in [0.15, 0.2) is 0 Å². The van der Waals surface area contributed by atoms with Crippen molar-refractivity contribution in [1.82, 2.24) is 0 Å². The molecule has 0 amide bonds. The molecule has 1 aliphatic heterocycles. The number of alkyl halides is 3. The highest BCUT2D eigenvalue weighted by Gasteiger charge is 2.43. The third-order valence-corrected chi connectivity index (χ3v) is 5.60. The molecule has 0 fully saturated rings. The Hall–Kier alpha value is -2.37. The summed E-state index contributed by atoms with van der Waals surface area (Å²) in [6.45, 7) is 0. The van der Waals surface area contributed by atoms with Crippen LogP contribution < -0.4 is 0 Å². The molecule has 0 aromatic heterocycles. The predicted octanol–water partition coefficient (Wildman–Crippen LogP) is 6.79. The van der Waals surface area contributed by atoms with Crippen LogP contribution in [0, 0.1) is 5.92 Å². The maximum absolute atomic E-state index is 13.1. The molecule has 29 heavy (non-hydrogen) atoms. The molecule has 0 bridgehead atoms. The average Bonchev–Trinajstić information content (AvgIpc) is 3.18. The molecule has 1 unspecified atom stereocenters. The van der Waals surface area contributed by atoms with E-state index in [9.17, 15) is 13.2 Å². The highest BCUT2D eigenvalue weighted by molar-refractivity contribution is 6.31. The Morgan fingerprint density at radius 3 is 2.28 bits per heavy atom. The summed E-state index contributed by atoms with van der Waals surface area (Å²) in [7, 11) is 0. The van der Waals surface area contributed by atoms with E-state index in [2.05, 4.69) is 4.74 Å². The molecule has 150 valence electrons. The van der Waals surface area contributed by atoms with Gasteiger partial charge in [0, 0.05) is 16.7 Å². The zero-order valence-corrected chi connectivity index (χ0v) is 16.2. The van der Waals surface area contributed by atoms with Gasteiger partial charge in [-0.15, -0.1) is 13.2 Å². The lowest BCUT2D eigenvalue weighted by Crippen LogP contribution is -2.34. The second-order valence-electron chi connectivity index (χ2n) is 7.15. The Morgan fingerprint density at radius 1 is 0.966 bits per heavy atom. The Morgan fingerprint density at radius 2 is 1.62 bits per heavy atom. The largest absolute Gasteiger partial charge is 0.523 e. The Bertz CT molecular complexity index is 952. The highest BCUT2D eigenvalue weighted by atomic mass is 35.5. The monoisotopic (exact) mass is 417 g/mol. The van der Waals surface area contributed by atoms with Gasteiger partial charge in [-0.2, -0.15) is 0 Å². The molecule has 2 aromatic carbocycles. The van der Waals surface area contributed by atoms with Crippen molar-refractivity contribution in [2.24, 2.45) is 10.9 Å². The normalized spacial score (nSPS) is 26.6. The van der Waals surface area contributed by atoms with Crippen LogP contribution in [0.3, 0.4) is 0 Å². The van der Waals surface area contributed by atoms with Crippen LogP contribution >= 0.6 is 11.6 Å². The van der Waals surface area contributed by atoms with Crippen molar-refractivity contribution in [3.63, 3.8) is 0 Å². The fourth-order valence-electron chi connectivity index (χ4n) is 3.88. The van der Waals surface area contributed by atoms with Crippen molar-refractivity contribution in [3.05, 3.63) is 95.1 Å². The molecule has 1 aliphatic carbocycles. The maximum Gasteiger partial charge on any atom is 0.523 e. The summed E-state index contributed by atoms with van der Waals surface area (Å²) in [6.07, 6.45) is 3.28. The van der Waals surface area contributed by atoms with Gasteiger partial charge in [0.05, 0.1) is 6.04 Å². The van der Waals surface area contributed by atoms with E-state index in [0.29, 0.717) is 10.6 Å². The molecule has 0 spiro atoms. The van der Waals surface area contributed by atoms with Gasteiger partial charge < -0.3 is 0 Å². The summed E-state index contributed by atoms with van der Waals surface area (Å²) < 4.78 is 43.9. The second-order valence-corrected chi connectivity index (χ2v) is 7.55. The molecule has 0 saturated carbocycles. The van der Waals surface area contributed by atoms with Gasteiger partial charge in [0.1, 0.15) is 5.60 Å². The van der Waals surface area contributed by atoms with E-state index in [1.165, 1.54) is 12.2 Å². The molecule has 1 heterocycles. The number of allylic oxidation sites excluding steroid dienone is 2. The molecule has 0 saturated heterocycles. The van der Waals surface area contributed by atoms with E-state index in [0.717, 1.165) is 24.1 Å². The minimum absolute atomic E-state index is 0.0206. The lowest BCUT2D eigenvalue weighted by molar-refractivity contribution is -0.353. The van der Waals surface area contributed by atoms with Crippen LogP contribution in [0.25, 0.3) is 0 Å². The summed E-state index contributed by atoms with van der Waals surface area (Å²) >= 11 is 6.28. The number of ether oxygens (including phenoxy) is 1. The van der Waals surface area contributed by atoms with Crippen molar-refractivity contribution >= 4 is 17.3 Å². The van der Waals surface area contributed by atoms with E-state index in [1.54, 1.807) is 42.5 Å². The van der Waals surface area contributed by atoms with Crippen molar-refractivity contribution < 1.29 is 17.9 Å². The van der Waals surface area contributed by atoms with Crippen LogP contribution in [0.4, 0.5) is 13.2 Å². The van der Waals surface area contributed by atoms with Gasteiger partial charge in [0.2, 0.25) is 0 Å². The van der Waals surface area contributed by atoms with Crippen LogP contribution in [0.15, 0.2) is 83.9 Å². The minimum atomic E-state index is -4.77. The van der Waals surface area contributed by atoms with Gasteiger partial charge in [-0.25, -0.2) is 0 Å². The topological polar surface area (TPSA) is 21.6 Å². The van der Waals surface area contributed by atoms with Gasteiger partial charge >= 0.3 is 6.36 Å². The minimum Gasteiger partial charge on any atom is -0.285 e. The first-order valence-corrected chi connectivity index (χ1v) is 9.76. The zero-order valence-electron chi connectivity index (χ0n) is 15.4. The lowest BCUT2D eigenvalue weighted by Gasteiger charge is -2.32. The SMILES string of the molecule is FC(F)(F)OC1(c2ccccc2)C=CC(C2=NC(c3ccccc3Cl)CC2)C=C1. The quantitative estimate of drug-likeness (QED) is 0.502. The molecule has 2 nitrogen and oxygen atoms in total. The summed E-state index contributed by atoms with van der Waals surface area (Å²) in [5, 5.41) is 0.680. The summed E-state index contributed by atoms with van der Waals surface area (Å²) in [6, 6.07) is 16.0. The van der Waals surface area contributed by atoms with Crippen molar-refractivity contribution in [3.8, 4) is 0 Å². The fraction of sp³-hybridized carbons (Fsp3) is 0.261. The molecule has 6 heteroatoms. The smallest absolute Gasteiger partial charge is 0.285 e. The van der Waals surface area contributed by atoms with Gasteiger partial charge in [-0.1, -0.05) is 72.3 Å². The molecule has 4 rings (SSSR count). The Labute approximate surface area is 172 Å². The third kappa shape index (κ3) is 4.31. The first kappa shape index (κ1) is 19.9. The molecular formula is C23H19ClF3NO. The van der Waals surface area contributed by atoms with Crippen LogP contribution in [0.2, 0.25) is 5.02 Å². The Kier molecular flexibility index (Phi) is 5.36. The van der Waals surface area contributed by atoms with Crippen molar-refractivity contribution in [2.45, 2.75) is 30.8 Å². The number of benzene rings is 2. The predicted molar refractivity (Wildman–Crippen MR) is 108 cm³/mol. The lowest BCUT2D eigenvalue weighted by atomic mass is 9.84. The van der Waals surface area contributed by atoms with Gasteiger partial charge in [-0.3, -0.25) is 9.73 Å². The van der Waals surface area contributed by atoms with Crippen LogP contribution in [-0.4, -0.2) is 12.1 Å². The molecule has 1 atom stereocenters. The maximum atomic E-state index is 13.1. The van der Waals surface area contributed by atoms with Crippen molar-refractivity contribution in [1.29, 1.82) is 0 Å². The molecule has 0 N–H and O–H groups in total. The summed E-state index contributed by atoms with van der Waals surface area (Å²) in [4.78, 5) is 4.80. The molecule has 0 radical (unpaired) electrons. The van der Waals surface area contributed by atoms with E-state index in [-0.39, 0.29) is 12.0 Å². The van der Waals surface area contributed by atoms with E-state index >= 15 is 0 Å². The molecule has 2 aromatic rings. The van der Waals surface area contributed by atoms with E-state index in [1.807, 2.05) is 24.3 Å². The number of nitrogens with zero attached hydrogens (tertiary/aromatic N) is 1. The van der Waals surface area contributed by atoms with E-state index < -0.39 is 12.0 Å². The van der Waals surface area contributed by atoms with Gasteiger partial charge in [-0.05, 0) is 42.2 Å². The van der Waals surface area contributed by atoms with Crippen molar-refractivity contribution in [2.75, 3.05) is 0 Å². The summed E-state index contributed by atoms with van der Waals surface area (Å²) in [5.41, 5.74) is 0.672. The first-order valence-electron chi connectivity index (χ1n) is 9.38. The number of rotatable bonds is 4. The molecular weight excluding hydrogens is 399 g/mol. The Balaban J connectivity index is 1.59. The summed E-state index contributed by atoms with van der Waals surface area (Å²) in [5.74, 6) is -0.156. The third-order valence-electron chi connectivity index (χ3n) is 5.26. The number of hydrogen-bond acceptors (Lipinski definition) is 2. The first-order chi connectivity index (χ1) is 13.9.